The number of carbonyl (C=O) groups is 2. The minimum atomic E-state index is -0.656. The van der Waals surface area contributed by atoms with Crippen molar-refractivity contribution in [3.05, 3.63) is 54.0 Å². The van der Waals surface area contributed by atoms with Crippen molar-refractivity contribution in [2.45, 2.75) is 12.3 Å². The molecular weight excluding hydrogens is 273 g/mol. The molecule has 2 heterocycles. The predicted octanol–water partition coefficient (Wildman–Crippen LogP) is 2.29. The summed E-state index contributed by atoms with van der Waals surface area (Å²) in [5, 5.41) is 5.24. The summed E-state index contributed by atoms with van der Waals surface area (Å²) in [4.78, 5) is 28.0. The van der Waals surface area contributed by atoms with E-state index in [-0.39, 0.29) is 18.2 Å². The zero-order valence-electron chi connectivity index (χ0n) is 11.0. The van der Waals surface area contributed by atoms with Gasteiger partial charge in [0.05, 0.1) is 5.92 Å². The number of rotatable bonds is 2. The molecule has 0 saturated heterocycles. The van der Waals surface area contributed by atoms with Crippen LogP contribution in [0.25, 0.3) is 0 Å². The first-order chi connectivity index (χ1) is 10.1. The van der Waals surface area contributed by atoms with Crippen LogP contribution in [0.2, 0.25) is 0 Å². The van der Waals surface area contributed by atoms with Crippen LogP contribution in [-0.2, 0) is 9.59 Å². The van der Waals surface area contributed by atoms with E-state index in [1.165, 1.54) is 18.2 Å². The fourth-order valence-corrected chi connectivity index (χ4v) is 2.32. The van der Waals surface area contributed by atoms with Gasteiger partial charge in [-0.2, -0.15) is 0 Å². The van der Waals surface area contributed by atoms with E-state index in [0.717, 1.165) is 0 Å². The summed E-state index contributed by atoms with van der Waals surface area (Å²) in [5.74, 6) is -1.35. The lowest BCUT2D eigenvalue weighted by molar-refractivity contribution is -0.123. The van der Waals surface area contributed by atoms with Crippen LogP contribution in [0.4, 0.5) is 15.9 Å². The van der Waals surface area contributed by atoms with Gasteiger partial charge in [-0.05, 0) is 29.8 Å². The van der Waals surface area contributed by atoms with Crippen molar-refractivity contribution in [2.24, 2.45) is 0 Å². The molecule has 2 N–H and O–H groups in total. The van der Waals surface area contributed by atoms with Crippen LogP contribution in [0.1, 0.15) is 17.9 Å². The second kappa shape index (κ2) is 5.32. The number of benzene rings is 1. The number of carbonyl (C=O) groups excluding carboxylic acids is 2. The van der Waals surface area contributed by atoms with Crippen molar-refractivity contribution in [2.75, 3.05) is 10.6 Å². The number of anilines is 2. The van der Waals surface area contributed by atoms with Gasteiger partial charge in [-0.25, -0.2) is 9.37 Å². The van der Waals surface area contributed by atoms with Crippen molar-refractivity contribution in [3.63, 3.8) is 0 Å². The van der Waals surface area contributed by atoms with E-state index in [2.05, 4.69) is 15.6 Å². The summed E-state index contributed by atoms with van der Waals surface area (Å²) in [6.07, 6.45) is 1.59. The molecule has 0 unspecified atom stereocenters. The molecule has 106 valence electrons. The lowest BCUT2D eigenvalue weighted by Gasteiger charge is -2.24. The molecule has 1 aromatic carbocycles. The molecule has 0 saturated carbocycles. The summed E-state index contributed by atoms with van der Waals surface area (Å²) < 4.78 is 13.2. The smallest absolute Gasteiger partial charge is 0.233 e. The molecule has 6 heteroatoms. The van der Waals surface area contributed by atoms with Gasteiger partial charge in [0, 0.05) is 18.3 Å². The fraction of sp³-hybridized carbons (Fsp3) is 0.133. The normalized spacial score (nSPS) is 16.8. The van der Waals surface area contributed by atoms with Crippen LogP contribution in [0.3, 0.4) is 0 Å². The Hall–Kier alpha value is -2.76. The van der Waals surface area contributed by atoms with Crippen molar-refractivity contribution in [1.29, 1.82) is 0 Å². The Balaban J connectivity index is 1.89. The van der Waals surface area contributed by atoms with Crippen LogP contribution < -0.4 is 10.6 Å². The highest BCUT2D eigenvalue weighted by Crippen LogP contribution is 2.33. The summed E-state index contributed by atoms with van der Waals surface area (Å²) in [7, 11) is 0. The van der Waals surface area contributed by atoms with Crippen LogP contribution in [-0.4, -0.2) is 16.8 Å². The van der Waals surface area contributed by atoms with Crippen LogP contribution in [0.5, 0.6) is 0 Å². The average molecular weight is 285 g/mol. The Labute approximate surface area is 120 Å². The molecule has 1 atom stereocenters. The molecule has 0 radical (unpaired) electrons. The number of hydrogen-bond acceptors (Lipinski definition) is 3. The Morgan fingerprint density at radius 2 is 2.19 bits per heavy atom. The monoisotopic (exact) mass is 285 g/mol. The maximum atomic E-state index is 13.2. The molecular formula is C15H12FN3O2. The van der Waals surface area contributed by atoms with Gasteiger partial charge in [-0.3, -0.25) is 9.59 Å². The molecule has 0 spiro atoms. The van der Waals surface area contributed by atoms with Crippen molar-refractivity contribution >= 4 is 23.3 Å². The molecule has 2 aromatic rings. The van der Waals surface area contributed by atoms with Crippen LogP contribution in [0, 0.1) is 5.82 Å². The maximum absolute atomic E-state index is 13.2. The Morgan fingerprint density at radius 1 is 1.33 bits per heavy atom. The standard InChI is InChI=1S/C15H12FN3O2/c16-9-4-5-10-11(8-14(20)18-12(10)7-9)15(21)19-13-3-1-2-6-17-13/h1-7,11H,8H2,(H,18,20)(H,17,19,21)/t11-/m0/s1. The molecule has 1 aliphatic rings. The van der Waals surface area contributed by atoms with E-state index >= 15 is 0 Å². The van der Waals surface area contributed by atoms with Gasteiger partial charge in [-0.15, -0.1) is 0 Å². The van der Waals surface area contributed by atoms with E-state index in [1.54, 1.807) is 24.4 Å². The number of aromatic nitrogens is 1. The number of nitrogens with zero attached hydrogens (tertiary/aromatic N) is 1. The maximum Gasteiger partial charge on any atom is 0.233 e. The van der Waals surface area contributed by atoms with Gasteiger partial charge in [-0.1, -0.05) is 12.1 Å². The Kier molecular flexibility index (Phi) is 3.35. The van der Waals surface area contributed by atoms with Crippen molar-refractivity contribution in [1.82, 2.24) is 4.98 Å². The molecule has 5 nitrogen and oxygen atoms in total. The third-order valence-electron chi connectivity index (χ3n) is 3.29. The van der Waals surface area contributed by atoms with Gasteiger partial charge >= 0.3 is 0 Å². The number of nitrogens with one attached hydrogen (secondary N) is 2. The molecule has 21 heavy (non-hydrogen) atoms. The van der Waals surface area contributed by atoms with Crippen LogP contribution in [0.15, 0.2) is 42.6 Å². The van der Waals surface area contributed by atoms with E-state index in [1.807, 2.05) is 0 Å². The Bertz CT molecular complexity index is 703. The van der Waals surface area contributed by atoms with Gasteiger partial charge in [0.15, 0.2) is 0 Å². The number of amides is 2. The number of hydrogen-bond donors (Lipinski definition) is 2. The van der Waals surface area contributed by atoms with E-state index < -0.39 is 11.7 Å². The zero-order valence-corrected chi connectivity index (χ0v) is 11.0. The zero-order chi connectivity index (χ0) is 14.8. The first-order valence-electron chi connectivity index (χ1n) is 6.44. The molecule has 0 bridgehead atoms. The Morgan fingerprint density at radius 3 is 2.95 bits per heavy atom. The van der Waals surface area contributed by atoms with E-state index in [4.69, 9.17) is 0 Å². The summed E-state index contributed by atoms with van der Waals surface area (Å²) in [5.41, 5.74) is 0.942. The summed E-state index contributed by atoms with van der Waals surface area (Å²) in [6, 6.07) is 9.16. The number of halogens is 1. The highest BCUT2D eigenvalue weighted by molar-refractivity contribution is 6.04. The van der Waals surface area contributed by atoms with E-state index in [9.17, 15) is 14.0 Å². The minimum Gasteiger partial charge on any atom is -0.326 e. The van der Waals surface area contributed by atoms with Gasteiger partial charge in [0.25, 0.3) is 0 Å². The first-order valence-corrected chi connectivity index (χ1v) is 6.44. The van der Waals surface area contributed by atoms with Crippen LogP contribution >= 0.6 is 0 Å². The van der Waals surface area contributed by atoms with Gasteiger partial charge < -0.3 is 10.6 Å². The SMILES string of the molecule is O=C1C[C@H](C(=O)Nc2ccccn2)c2ccc(F)cc2N1. The average Bonchev–Trinajstić information content (AvgIpc) is 2.47. The lowest BCUT2D eigenvalue weighted by Crippen LogP contribution is -2.31. The summed E-state index contributed by atoms with van der Waals surface area (Å²) in [6.45, 7) is 0. The van der Waals surface area contributed by atoms with Gasteiger partial charge in [0.1, 0.15) is 11.6 Å². The molecule has 2 amide bonds. The fourth-order valence-electron chi connectivity index (χ4n) is 2.32. The quantitative estimate of drug-likeness (QED) is 0.889. The van der Waals surface area contributed by atoms with Crippen molar-refractivity contribution in [3.8, 4) is 0 Å². The molecule has 1 aliphatic heterocycles. The second-order valence-electron chi connectivity index (χ2n) is 4.74. The first kappa shape index (κ1) is 13.2. The predicted molar refractivity (Wildman–Crippen MR) is 75.3 cm³/mol. The molecule has 0 aliphatic carbocycles. The largest absolute Gasteiger partial charge is 0.326 e. The number of fused-ring (bicyclic) bond motifs is 1. The number of pyridine rings is 1. The topological polar surface area (TPSA) is 71.1 Å². The second-order valence-corrected chi connectivity index (χ2v) is 4.74. The highest BCUT2D eigenvalue weighted by atomic mass is 19.1. The molecule has 1 aromatic heterocycles. The highest BCUT2D eigenvalue weighted by Gasteiger charge is 2.31. The minimum absolute atomic E-state index is 0.0251. The molecule has 0 fully saturated rings. The van der Waals surface area contributed by atoms with E-state index in [0.29, 0.717) is 17.1 Å². The van der Waals surface area contributed by atoms with Crippen molar-refractivity contribution < 1.29 is 14.0 Å². The lowest BCUT2D eigenvalue weighted by atomic mass is 9.89. The summed E-state index contributed by atoms with van der Waals surface area (Å²) >= 11 is 0. The molecule has 3 rings (SSSR count). The third-order valence-corrected chi connectivity index (χ3v) is 3.29. The third kappa shape index (κ3) is 2.74. The van der Waals surface area contributed by atoms with Gasteiger partial charge in [0.2, 0.25) is 11.8 Å².